The molecular weight excluding hydrogens is 322 g/mol. The molecule has 0 spiro atoms. The van der Waals surface area contributed by atoms with Crippen molar-refractivity contribution in [3.8, 4) is 11.4 Å². The predicted octanol–water partition coefficient (Wildman–Crippen LogP) is 2.46. The zero-order valence-corrected chi connectivity index (χ0v) is 14.8. The van der Waals surface area contributed by atoms with Gasteiger partial charge in [0.05, 0.1) is 5.75 Å². The summed E-state index contributed by atoms with van der Waals surface area (Å²) >= 11 is 1.35. The molecule has 1 fully saturated rings. The van der Waals surface area contributed by atoms with Crippen LogP contribution in [0.2, 0.25) is 0 Å². The lowest BCUT2D eigenvalue weighted by Crippen LogP contribution is -2.33. The molecule has 2 heterocycles. The molecule has 2 aromatic rings. The minimum Gasteiger partial charge on any atom is -0.342 e. The first-order valence-corrected chi connectivity index (χ1v) is 9.32. The molecule has 1 amide bonds. The van der Waals surface area contributed by atoms with Crippen LogP contribution in [-0.4, -0.2) is 44.5 Å². The number of nitrogens with two attached hydrogens (primary N) is 1. The highest BCUT2D eigenvalue weighted by Crippen LogP contribution is 2.22. The Morgan fingerprint density at radius 3 is 2.46 bits per heavy atom. The quantitative estimate of drug-likeness (QED) is 0.680. The first kappa shape index (κ1) is 16.8. The van der Waals surface area contributed by atoms with Crippen molar-refractivity contribution in [2.45, 2.75) is 37.8 Å². The van der Waals surface area contributed by atoms with E-state index < -0.39 is 0 Å². The van der Waals surface area contributed by atoms with E-state index in [2.05, 4.69) is 10.2 Å². The van der Waals surface area contributed by atoms with Crippen molar-refractivity contribution in [3.63, 3.8) is 0 Å². The fraction of sp³-hybridized carbons (Fsp3) is 0.471. The molecule has 6 nitrogen and oxygen atoms in total. The van der Waals surface area contributed by atoms with Gasteiger partial charge in [0.2, 0.25) is 11.1 Å². The topological polar surface area (TPSA) is 77.0 Å². The molecule has 1 aliphatic heterocycles. The summed E-state index contributed by atoms with van der Waals surface area (Å²) in [6.45, 7) is 3.76. The van der Waals surface area contributed by atoms with Gasteiger partial charge in [-0.25, -0.2) is 4.68 Å². The second-order valence-electron chi connectivity index (χ2n) is 6.13. The standard InChI is InChI=1S/C17H23N5OS/c1-13-6-8-14(9-7-13)16-19-20-17(22(16)18)24-12-15(23)21-10-4-2-3-5-11-21/h6-9H,2-5,10-12,18H2,1H3. The van der Waals surface area contributed by atoms with Crippen LogP contribution in [0.15, 0.2) is 29.4 Å². The monoisotopic (exact) mass is 345 g/mol. The molecule has 0 aliphatic carbocycles. The summed E-state index contributed by atoms with van der Waals surface area (Å²) in [6, 6.07) is 7.97. The number of carbonyl (C=O) groups is 1. The van der Waals surface area contributed by atoms with Gasteiger partial charge in [0.15, 0.2) is 5.82 Å². The zero-order chi connectivity index (χ0) is 16.9. The lowest BCUT2D eigenvalue weighted by molar-refractivity contribution is -0.128. The normalized spacial score (nSPS) is 15.3. The smallest absolute Gasteiger partial charge is 0.233 e. The third-order valence-corrected chi connectivity index (χ3v) is 5.19. The summed E-state index contributed by atoms with van der Waals surface area (Å²) in [5, 5.41) is 8.86. The van der Waals surface area contributed by atoms with Crippen LogP contribution < -0.4 is 5.84 Å². The zero-order valence-electron chi connectivity index (χ0n) is 13.9. The van der Waals surface area contributed by atoms with Gasteiger partial charge in [-0.1, -0.05) is 54.4 Å². The number of aromatic nitrogens is 3. The van der Waals surface area contributed by atoms with Crippen LogP contribution in [-0.2, 0) is 4.79 Å². The van der Waals surface area contributed by atoms with Gasteiger partial charge in [-0.05, 0) is 19.8 Å². The van der Waals surface area contributed by atoms with Gasteiger partial charge in [0.25, 0.3) is 0 Å². The number of nitrogen functional groups attached to an aromatic ring is 1. The molecule has 1 saturated heterocycles. The Hall–Kier alpha value is -2.02. The van der Waals surface area contributed by atoms with Crippen molar-refractivity contribution >= 4 is 17.7 Å². The largest absolute Gasteiger partial charge is 0.342 e. The van der Waals surface area contributed by atoms with Crippen LogP contribution >= 0.6 is 11.8 Å². The van der Waals surface area contributed by atoms with Gasteiger partial charge in [0, 0.05) is 18.7 Å². The number of thioether (sulfide) groups is 1. The molecule has 1 aliphatic rings. The molecule has 0 bridgehead atoms. The minimum absolute atomic E-state index is 0.154. The number of rotatable bonds is 4. The molecule has 0 atom stereocenters. The Morgan fingerprint density at radius 2 is 1.79 bits per heavy atom. The number of hydrogen-bond donors (Lipinski definition) is 1. The van der Waals surface area contributed by atoms with Gasteiger partial charge in [-0.15, -0.1) is 10.2 Å². The van der Waals surface area contributed by atoms with Gasteiger partial charge < -0.3 is 10.7 Å². The number of likely N-dealkylation sites (tertiary alicyclic amines) is 1. The van der Waals surface area contributed by atoms with Crippen molar-refractivity contribution in [2.75, 3.05) is 24.7 Å². The third-order valence-electron chi connectivity index (χ3n) is 4.26. The average molecular weight is 345 g/mol. The fourth-order valence-corrected chi connectivity index (χ4v) is 3.57. The van der Waals surface area contributed by atoms with E-state index in [-0.39, 0.29) is 5.91 Å². The van der Waals surface area contributed by atoms with Crippen LogP contribution in [0, 0.1) is 6.92 Å². The lowest BCUT2D eigenvalue weighted by atomic mass is 10.1. The molecule has 24 heavy (non-hydrogen) atoms. The molecular formula is C17H23N5OS. The summed E-state index contributed by atoms with van der Waals surface area (Å²) in [6.07, 6.45) is 4.63. The molecule has 0 radical (unpaired) electrons. The second kappa shape index (κ2) is 7.70. The minimum atomic E-state index is 0.154. The summed E-state index contributed by atoms with van der Waals surface area (Å²) in [7, 11) is 0. The van der Waals surface area contributed by atoms with Crippen molar-refractivity contribution in [2.24, 2.45) is 0 Å². The number of amides is 1. The molecule has 128 valence electrons. The maximum atomic E-state index is 12.4. The van der Waals surface area contributed by atoms with Crippen molar-refractivity contribution in [3.05, 3.63) is 29.8 Å². The Kier molecular flexibility index (Phi) is 5.40. The number of nitrogens with zero attached hydrogens (tertiary/aromatic N) is 4. The van der Waals surface area contributed by atoms with Gasteiger partial charge in [-0.3, -0.25) is 4.79 Å². The molecule has 7 heteroatoms. The molecule has 1 aromatic carbocycles. The van der Waals surface area contributed by atoms with E-state index in [1.807, 2.05) is 36.1 Å². The van der Waals surface area contributed by atoms with E-state index >= 15 is 0 Å². The highest BCUT2D eigenvalue weighted by molar-refractivity contribution is 7.99. The van der Waals surface area contributed by atoms with Crippen LogP contribution in [0.3, 0.4) is 0 Å². The predicted molar refractivity (Wildman–Crippen MR) is 96.1 cm³/mol. The number of carbonyl (C=O) groups excluding carboxylic acids is 1. The van der Waals surface area contributed by atoms with E-state index in [1.54, 1.807) is 0 Å². The van der Waals surface area contributed by atoms with Crippen LogP contribution in [0.25, 0.3) is 11.4 Å². The average Bonchev–Trinajstić information content (AvgIpc) is 2.79. The summed E-state index contributed by atoms with van der Waals surface area (Å²) < 4.78 is 1.46. The number of benzene rings is 1. The SMILES string of the molecule is Cc1ccc(-c2nnc(SCC(=O)N3CCCCCC3)n2N)cc1. The Morgan fingerprint density at radius 1 is 1.12 bits per heavy atom. The van der Waals surface area contributed by atoms with Crippen molar-refractivity contribution in [1.29, 1.82) is 0 Å². The highest BCUT2D eigenvalue weighted by Gasteiger charge is 2.18. The fourth-order valence-electron chi connectivity index (χ4n) is 2.81. The van der Waals surface area contributed by atoms with Crippen molar-refractivity contribution in [1.82, 2.24) is 19.8 Å². The van der Waals surface area contributed by atoms with Gasteiger partial charge in [0.1, 0.15) is 0 Å². The Labute approximate surface area is 146 Å². The molecule has 3 rings (SSSR count). The summed E-state index contributed by atoms with van der Waals surface area (Å²) in [5.74, 6) is 7.22. The number of hydrogen-bond acceptors (Lipinski definition) is 5. The summed E-state index contributed by atoms with van der Waals surface area (Å²) in [4.78, 5) is 14.3. The maximum Gasteiger partial charge on any atom is 0.233 e. The van der Waals surface area contributed by atoms with Crippen LogP contribution in [0.1, 0.15) is 31.2 Å². The van der Waals surface area contributed by atoms with Gasteiger partial charge in [-0.2, -0.15) is 0 Å². The second-order valence-corrected chi connectivity index (χ2v) is 7.07. The molecule has 1 aromatic heterocycles. The van der Waals surface area contributed by atoms with Crippen LogP contribution in [0.5, 0.6) is 0 Å². The number of aryl methyl sites for hydroxylation is 1. The first-order valence-electron chi connectivity index (χ1n) is 8.33. The highest BCUT2D eigenvalue weighted by atomic mass is 32.2. The van der Waals surface area contributed by atoms with E-state index in [0.29, 0.717) is 16.7 Å². The molecule has 0 unspecified atom stereocenters. The summed E-state index contributed by atoms with van der Waals surface area (Å²) in [5.41, 5.74) is 2.10. The Bertz CT molecular complexity index is 690. The lowest BCUT2D eigenvalue weighted by Gasteiger charge is -2.19. The van der Waals surface area contributed by atoms with E-state index in [0.717, 1.165) is 31.5 Å². The van der Waals surface area contributed by atoms with E-state index in [9.17, 15) is 4.79 Å². The Balaban J connectivity index is 1.63. The molecule has 2 N–H and O–H groups in total. The first-order chi connectivity index (χ1) is 11.6. The van der Waals surface area contributed by atoms with E-state index in [4.69, 9.17) is 5.84 Å². The third kappa shape index (κ3) is 3.90. The van der Waals surface area contributed by atoms with E-state index in [1.165, 1.54) is 34.8 Å². The van der Waals surface area contributed by atoms with Gasteiger partial charge >= 0.3 is 0 Å². The van der Waals surface area contributed by atoms with Crippen LogP contribution in [0.4, 0.5) is 0 Å². The molecule has 0 saturated carbocycles. The maximum absolute atomic E-state index is 12.4. The van der Waals surface area contributed by atoms with Crippen molar-refractivity contribution < 1.29 is 4.79 Å².